The van der Waals surface area contributed by atoms with E-state index in [1.54, 1.807) is 13.0 Å². The lowest BCUT2D eigenvalue weighted by Gasteiger charge is -2.13. The average Bonchev–Trinajstić information content (AvgIpc) is 3.06. The zero-order chi connectivity index (χ0) is 21.4. The summed E-state index contributed by atoms with van der Waals surface area (Å²) in [6.07, 6.45) is -1.12. The van der Waals surface area contributed by atoms with Crippen molar-refractivity contribution in [2.75, 3.05) is 22.1 Å². The molecule has 2 aromatic rings. The minimum absolute atomic E-state index is 0.0186. The number of anilines is 2. The van der Waals surface area contributed by atoms with Gasteiger partial charge in [-0.3, -0.25) is 24.5 Å². The van der Waals surface area contributed by atoms with E-state index < -0.39 is 22.9 Å². The Bertz CT molecular complexity index is 915. The zero-order valence-electron chi connectivity index (χ0n) is 15.5. The second kappa shape index (κ2) is 10.2. The van der Waals surface area contributed by atoms with Crippen LogP contribution in [0.3, 0.4) is 0 Å². The monoisotopic (exact) mass is 422 g/mol. The molecule has 1 aromatic heterocycles. The molecule has 0 saturated carbocycles. The van der Waals surface area contributed by atoms with Crippen molar-refractivity contribution in [1.82, 2.24) is 5.16 Å². The maximum Gasteiger partial charge on any atom is 0.316 e. The Kier molecular flexibility index (Phi) is 7.71. The number of aromatic nitrogens is 1. The van der Waals surface area contributed by atoms with Crippen LogP contribution >= 0.6 is 11.8 Å². The second-order valence-electron chi connectivity index (χ2n) is 5.79. The second-order valence-corrected chi connectivity index (χ2v) is 6.78. The van der Waals surface area contributed by atoms with Gasteiger partial charge in [-0.15, -0.1) is 11.8 Å². The number of esters is 1. The summed E-state index contributed by atoms with van der Waals surface area (Å²) in [4.78, 5) is 45.8. The molecule has 0 spiro atoms. The quantitative estimate of drug-likeness (QED) is 0.351. The lowest BCUT2D eigenvalue weighted by atomic mass is 10.2. The maximum absolute atomic E-state index is 12.1. The number of benzene rings is 1. The van der Waals surface area contributed by atoms with E-state index in [1.165, 1.54) is 31.2 Å². The predicted molar refractivity (Wildman–Crippen MR) is 104 cm³/mol. The molecule has 0 fully saturated rings. The van der Waals surface area contributed by atoms with Crippen molar-refractivity contribution in [1.29, 1.82) is 0 Å². The summed E-state index contributed by atoms with van der Waals surface area (Å²) in [7, 11) is 0. The first-order chi connectivity index (χ1) is 13.7. The number of carbonyl (C=O) groups excluding carboxylic acids is 3. The number of ether oxygens (including phenoxy) is 1. The van der Waals surface area contributed by atoms with Crippen molar-refractivity contribution in [2.45, 2.75) is 20.0 Å². The van der Waals surface area contributed by atoms with Crippen molar-refractivity contribution in [2.24, 2.45) is 0 Å². The maximum atomic E-state index is 12.1. The number of amides is 2. The average molecular weight is 422 g/mol. The van der Waals surface area contributed by atoms with E-state index in [9.17, 15) is 24.5 Å². The van der Waals surface area contributed by atoms with Gasteiger partial charge >= 0.3 is 5.97 Å². The third kappa shape index (κ3) is 7.25. The normalized spacial score (nSPS) is 11.4. The van der Waals surface area contributed by atoms with Gasteiger partial charge in [0, 0.05) is 23.9 Å². The molecule has 1 atom stereocenters. The van der Waals surface area contributed by atoms with Crippen LogP contribution in [0.4, 0.5) is 17.2 Å². The number of hydrogen-bond acceptors (Lipinski definition) is 9. The van der Waals surface area contributed by atoms with Crippen molar-refractivity contribution >= 4 is 46.7 Å². The molecule has 0 aliphatic rings. The van der Waals surface area contributed by atoms with Gasteiger partial charge in [0.15, 0.2) is 11.9 Å². The molecule has 0 aliphatic carbocycles. The van der Waals surface area contributed by atoms with E-state index >= 15 is 0 Å². The minimum atomic E-state index is -1.12. The Morgan fingerprint density at radius 2 is 2.03 bits per heavy atom. The molecular weight excluding hydrogens is 404 g/mol. The topological polar surface area (TPSA) is 154 Å². The largest absolute Gasteiger partial charge is 0.452 e. The molecule has 12 heteroatoms. The summed E-state index contributed by atoms with van der Waals surface area (Å²) in [5.74, 6) is -1.01. The fourth-order valence-corrected chi connectivity index (χ4v) is 2.65. The molecule has 0 bridgehead atoms. The van der Waals surface area contributed by atoms with Crippen LogP contribution < -0.4 is 10.6 Å². The van der Waals surface area contributed by atoms with Crippen LogP contribution in [0, 0.1) is 17.0 Å². The Balaban J connectivity index is 1.72. The lowest BCUT2D eigenvalue weighted by molar-refractivity contribution is -0.384. The van der Waals surface area contributed by atoms with Crippen molar-refractivity contribution in [3.63, 3.8) is 0 Å². The number of non-ortho nitro benzene ring substituents is 1. The van der Waals surface area contributed by atoms with E-state index in [-0.39, 0.29) is 34.6 Å². The van der Waals surface area contributed by atoms with Gasteiger partial charge in [0.25, 0.3) is 11.6 Å². The zero-order valence-corrected chi connectivity index (χ0v) is 16.4. The molecular formula is C17H18N4O7S. The van der Waals surface area contributed by atoms with Gasteiger partial charge < -0.3 is 19.9 Å². The molecule has 0 radical (unpaired) electrons. The Labute approximate surface area is 169 Å². The number of nitrogens with one attached hydrogen (secondary N) is 2. The molecule has 2 amide bonds. The fraction of sp³-hybridized carbons (Fsp3) is 0.294. The Hall–Kier alpha value is -3.41. The summed E-state index contributed by atoms with van der Waals surface area (Å²) in [6, 6.07) is 6.93. The summed E-state index contributed by atoms with van der Waals surface area (Å²) >= 11 is 1.01. The van der Waals surface area contributed by atoms with Crippen LogP contribution in [0.15, 0.2) is 34.9 Å². The Morgan fingerprint density at radius 1 is 1.28 bits per heavy atom. The molecule has 1 aromatic carbocycles. The van der Waals surface area contributed by atoms with E-state index in [4.69, 9.17) is 9.26 Å². The smallest absolute Gasteiger partial charge is 0.316 e. The summed E-state index contributed by atoms with van der Waals surface area (Å²) in [5, 5.41) is 19.3. The minimum Gasteiger partial charge on any atom is -0.452 e. The summed E-state index contributed by atoms with van der Waals surface area (Å²) in [6.45, 7) is 3.05. The molecule has 11 nitrogen and oxygen atoms in total. The molecule has 0 saturated heterocycles. The summed E-state index contributed by atoms with van der Waals surface area (Å²) in [5.41, 5.74) is 0.0316. The van der Waals surface area contributed by atoms with Crippen LogP contribution in [-0.2, 0) is 19.1 Å². The van der Waals surface area contributed by atoms with Crippen LogP contribution in [0.2, 0.25) is 0 Å². The van der Waals surface area contributed by atoms with Crippen LogP contribution in [-0.4, -0.2) is 45.5 Å². The van der Waals surface area contributed by atoms with Crippen molar-refractivity contribution in [3.05, 3.63) is 46.2 Å². The number of hydrogen-bond donors (Lipinski definition) is 2. The Morgan fingerprint density at radius 3 is 2.69 bits per heavy atom. The number of carbonyl (C=O) groups is 3. The van der Waals surface area contributed by atoms with E-state index in [0.717, 1.165) is 11.8 Å². The van der Waals surface area contributed by atoms with Crippen LogP contribution in [0.25, 0.3) is 0 Å². The van der Waals surface area contributed by atoms with Crippen molar-refractivity contribution < 1.29 is 28.6 Å². The van der Waals surface area contributed by atoms with Gasteiger partial charge in [0.2, 0.25) is 5.91 Å². The highest BCUT2D eigenvalue weighted by atomic mass is 32.2. The molecule has 0 aliphatic heterocycles. The van der Waals surface area contributed by atoms with Gasteiger partial charge in [-0.05, 0) is 19.9 Å². The highest BCUT2D eigenvalue weighted by Gasteiger charge is 2.19. The van der Waals surface area contributed by atoms with Gasteiger partial charge in [-0.25, -0.2) is 0 Å². The van der Waals surface area contributed by atoms with Gasteiger partial charge in [-0.1, -0.05) is 11.2 Å². The first-order valence-corrected chi connectivity index (χ1v) is 9.46. The lowest BCUT2D eigenvalue weighted by Crippen LogP contribution is -2.30. The van der Waals surface area contributed by atoms with Crippen LogP contribution in [0.1, 0.15) is 12.7 Å². The number of nitro groups is 1. The van der Waals surface area contributed by atoms with Gasteiger partial charge in [-0.2, -0.15) is 0 Å². The molecule has 1 heterocycles. The number of rotatable bonds is 9. The highest BCUT2D eigenvalue weighted by Crippen LogP contribution is 2.17. The molecule has 29 heavy (non-hydrogen) atoms. The number of thioether (sulfide) groups is 1. The first-order valence-electron chi connectivity index (χ1n) is 8.30. The van der Waals surface area contributed by atoms with Gasteiger partial charge in [0.1, 0.15) is 5.76 Å². The third-order valence-electron chi connectivity index (χ3n) is 3.35. The highest BCUT2D eigenvalue weighted by molar-refractivity contribution is 8.00. The van der Waals surface area contributed by atoms with E-state index in [2.05, 4.69) is 15.8 Å². The summed E-state index contributed by atoms with van der Waals surface area (Å²) < 4.78 is 9.82. The number of nitrogens with zero attached hydrogens (tertiary/aromatic N) is 2. The standard InChI is InChI=1S/C17H18N4O7S/c1-10-6-14(20-28-10)19-15(22)8-29-9-16(23)27-11(2)17(24)18-12-4-3-5-13(7-12)21(25)26/h3-7,11H,8-9H2,1-2H3,(H,18,24)(H,19,20,22). The van der Waals surface area contributed by atoms with E-state index in [1.807, 2.05) is 0 Å². The van der Waals surface area contributed by atoms with Crippen molar-refractivity contribution in [3.8, 4) is 0 Å². The first kappa shape index (κ1) is 21.9. The molecule has 154 valence electrons. The number of aryl methyl sites for hydroxylation is 1. The fourth-order valence-electron chi connectivity index (χ4n) is 2.06. The van der Waals surface area contributed by atoms with E-state index in [0.29, 0.717) is 5.76 Å². The molecule has 1 unspecified atom stereocenters. The SMILES string of the molecule is Cc1cc(NC(=O)CSCC(=O)OC(C)C(=O)Nc2cccc([N+](=O)[O-])c2)no1. The van der Waals surface area contributed by atoms with Crippen LogP contribution in [0.5, 0.6) is 0 Å². The molecule has 2 N–H and O–H groups in total. The van der Waals surface area contributed by atoms with Gasteiger partial charge in [0.05, 0.1) is 16.4 Å². The molecule has 2 rings (SSSR count). The predicted octanol–water partition coefficient (Wildman–Crippen LogP) is 2.13. The third-order valence-corrected chi connectivity index (χ3v) is 4.26. The number of nitro benzene ring substituents is 1.